The SMILES string of the molecule is C#Cc1ccc(C(C(=O)NCCCC)N(C(=O)C(CC(N)=O)NC(=O)OC(C)(C)C)C(C)C)cc1. The molecular formula is C26H38N4O5. The molecule has 9 heteroatoms. The maximum atomic E-state index is 13.7. The molecule has 9 nitrogen and oxygen atoms in total. The Bertz CT molecular complexity index is 929. The fraction of sp³-hybridized carbons (Fsp3) is 0.538. The monoisotopic (exact) mass is 486 g/mol. The fourth-order valence-corrected chi connectivity index (χ4v) is 3.40. The average Bonchev–Trinajstić information content (AvgIpc) is 2.74. The first-order valence-corrected chi connectivity index (χ1v) is 11.7. The van der Waals surface area contributed by atoms with Gasteiger partial charge in [0.2, 0.25) is 17.7 Å². The fourth-order valence-electron chi connectivity index (χ4n) is 3.40. The number of unbranched alkanes of at least 4 members (excludes halogenated alkanes) is 1. The third-order valence-corrected chi connectivity index (χ3v) is 4.95. The predicted molar refractivity (Wildman–Crippen MR) is 134 cm³/mol. The van der Waals surface area contributed by atoms with Gasteiger partial charge in [-0.3, -0.25) is 14.4 Å². The van der Waals surface area contributed by atoms with Crippen molar-refractivity contribution >= 4 is 23.8 Å². The Kier molecular flexibility index (Phi) is 11.3. The summed E-state index contributed by atoms with van der Waals surface area (Å²) in [5.41, 5.74) is 5.72. The Balaban J connectivity index is 3.44. The van der Waals surface area contributed by atoms with Crippen molar-refractivity contribution in [2.24, 2.45) is 5.73 Å². The van der Waals surface area contributed by atoms with Gasteiger partial charge in [-0.2, -0.15) is 0 Å². The van der Waals surface area contributed by atoms with Crippen LogP contribution in [0.1, 0.15) is 78.0 Å². The lowest BCUT2D eigenvalue weighted by Gasteiger charge is -2.37. The summed E-state index contributed by atoms with van der Waals surface area (Å²) in [7, 11) is 0. The molecule has 0 fully saturated rings. The molecule has 0 bridgehead atoms. The van der Waals surface area contributed by atoms with Crippen molar-refractivity contribution < 1.29 is 23.9 Å². The molecule has 1 aromatic carbocycles. The van der Waals surface area contributed by atoms with Crippen LogP contribution in [0.3, 0.4) is 0 Å². The van der Waals surface area contributed by atoms with Gasteiger partial charge in [0.25, 0.3) is 0 Å². The van der Waals surface area contributed by atoms with E-state index in [1.54, 1.807) is 58.9 Å². The van der Waals surface area contributed by atoms with Gasteiger partial charge in [0, 0.05) is 18.2 Å². The van der Waals surface area contributed by atoms with Gasteiger partial charge in [0.05, 0.1) is 6.42 Å². The number of ether oxygens (including phenoxy) is 1. The van der Waals surface area contributed by atoms with E-state index in [0.29, 0.717) is 17.7 Å². The number of alkyl carbamates (subject to hydrolysis) is 1. The number of hydrogen-bond donors (Lipinski definition) is 3. The van der Waals surface area contributed by atoms with E-state index in [9.17, 15) is 19.2 Å². The highest BCUT2D eigenvalue weighted by molar-refractivity contribution is 5.94. The molecule has 1 aromatic rings. The number of nitrogens with zero attached hydrogens (tertiary/aromatic N) is 1. The molecule has 192 valence electrons. The topological polar surface area (TPSA) is 131 Å². The number of nitrogens with two attached hydrogens (primary N) is 1. The largest absolute Gasteiger partial charge is 0.444 e. The van der Waals surface area contributed by atoms with Crippen LogP contribution in [0.15, 0.2) is 24.3 Å². The van der Waals surface area contributed by atoms with E-state index >= 15 is 0 Å². The summed E-state index contributed by atoms with van der Waals surface area (Å²) >= 11 is 0. The molecule has 2 atom stereocenters. The zero-order valence-corrected chi connectivity index (χ0v) is 21.5. The quantitative estimate of drug-likeness (QED) is 0.327. The molecule has 0 radical (unpaired) electrons. The summed E-state index contributed by atoms with van der Waals surface area (Å²) in [6.07, 6.45) is 5.79. The minimum absolute atomic E-state index is 0.385. The van der Waals surface area contributed by atoms with Crippen molar-refractivity contribution in [1.82, 2.24) is 15.5 Å². The average molecular weight is 487 g/mol. The van der Waals surface area contributed by atoms with Gasteiger partial charge in [-0.05, 0) is 58.7 Å². The second kappa shape index (κ2) is 13.4. The van der Waals surface area contributed by atoms with E-state index < -0.39 is 48.1 Å². The van der Waals surface area contributed by atoms with Crippen LogP contribution in [-0.4, -0.2) is 52.9 Å². The molecule has 0 aliphatic carbocycles. The molecule has 0 aromatic heterocycles. The van der Waals surface area contributed by atoms with Crippen LogP contribution in [0.2, 0.25) is 0 Å². The molecule has 0 saturated heterocycles. The number of carbonyl (C=O) groups is 4. The van der Waals surface area contributed by atoms with Crippen molar-refractivity contribution in [3.63, 3.8) is 0 Å². The van der Waals surface area contributed by atoms with Crippen molar-refractivity contribution in [3.8, 4) is 12.3 Å². The molecule has 0 saturated carbocycles. The summed E-state index contributed by atoms with van der Waals surface area (Å²) in [5, 5.41) is 5.32. The Labute approximate surface area is 208 Å². The van der Waals surface area contributed by atoms with E-state index in [4.69, 9.17) is 16.9 Å². The Morgan fingerprint density at radius 3 is 2.20 bits per heavy atom. The van der Waals surface area contributed by atoms with Crippen LogP contribution in [-0.2, 0) is 19.1 Å². The van der Waals surface area contributed by atoms with Gasteiger partial charge < -0.3 is 26.0 Å². The number of primary amides is 1. The normalized spacial score (nSPS) is 12.7. The standard InChI is InChI=1S/C26H38N4O5/c1-8-10-15-28-23(32)22(19-13-11-18(9-2)12-14-19)30(17(3)4)24(33)20(16-21(27)31)29-25(34)35-26(5,6)7/h2,11-14,17,20,22H,8,10,15-16H2,1,3-7H3,(H2,27,31)(H,28,32)(H,29,34). The summed E-state index contributed by atoms with van der Waals surface area (Å²) in [4.78, 5) is 52.6. The first-order chi connectivity index (χ1) is 16.3. The molecule has 0 aliphatic rings. The lowest BCUT2D eigenvalue weighted by molar-refractivity contribution is -0.145. The Morgan fingerprint density at radius 2 is 1.74 bits per heavy atom. The number of hydrogen-bond acceptors (Lipinski definition) is 5. The second-order valence-corrected chi connectivity index (χ2v) is 9.52. The highest BCUT2D eigenvalue weighted by Gasteiger charge is 2.38. The number of benzene rings is 1. The first-order valence-electron chi connectivity index (χ1n) is 11.7. The molecule has 4 amide bonds. The maximum Gasteiger partial charge on any atom is 0.408 e. The molecular weight excluding hydrogens is 448 g/mol. The molecule has 35 heavy (non-hydrogen) atoms. The predicted octanol–water partition coefficient (Wildman–Crippen LogP) is 2.63. The number of carbonyl (C=O) groups excluding carboxylic acids is 4. The summed E-state index contributed by atoms with van der Waals surface area (Å²) < 4.78 is 5.25. The Hall–Kier alpha value is -3.54. The van der Waals surface area contributed by atoms with Gasteiger partial charge in [0.1, 0.15) is 17.7 Å². The molecule has 1 rings (SSSR count). The van der Waals surface area contributed by atoms with E-state index in [1.165, 1.54) is 4.90 Å². The van der Waals surface area contributed by atoms with Crippen molar-refractivity contribution in [1.29, 1.82) is 0 Å². The van der Waals surface area contributed by atoms with E-state index in [-0.39, 0.29) is 5.91 Å². The third-order valence-electron chi connectivity index (χ3n) is 4.95. The second-order valence-electron chi connectivity index (χ2n) is 9.52. The third kappa shape index (κ3) is 9.69. The van der Waals surface area contributed by atoms with Crippen LogP contribution in [0.25, 0.3) is 0 Å². The van der Waals surface area contributed by atoms with E-state index in [0.717, 1.165) is 12.8 Å². The smallest absolute Gasteiger partial charge is 0.408 e. The van der Waals surface area contributed by atoms with Crippen molar-refractivity contribution in [2.75, 3.05) is 6.54 Å². The zero-order valence-electron chi connectivity index (χ0n) is 21.5. The molecule has 0 heterocycles. The molecule has 2 unspecified atom stereocenters. The first kappa shape index (κ1) is 29.5. The summed E-state index contributed by atoms with van der Waals surface area (Å²) in [6, 6.07) is 3.93. The zero-order chi connectivity index (χ0) is 26.8. The van der Waals surface area contributed by atoms with E-state index in [2.05, 4.69) is 16.6 Å². The molecule has 0 aliphatic heterocycles. The van der Waals surface area contributed by atoms with Gasteiger partial charge in [-0.25, -0.2) is 4.79 Å². The van der Waals surface area contributed by atoms with Crippen molar-refractivity contribution in [3.05, 3.63) is 35.4 Å². The number of rotatable bonds is 11. The van der Waals surface area contributed by atoms with Gasteiger partial charge in [-0.15, -0.1) is 6.42 Å². The van der Waals surface area contributed by atoms with Crippen LogP contribution < -0.4 is 16.4 Å². The lowest BCUT2D eigenvalue weighted by Crippen LogP contribution is -2.56. The minimum Gasteiger partial charge on any atom is -0.444 e. The highest BCUT2D eigenvalue weighted by atomic mass is 16.6. The van der Waals surface area contributed by atoms with Gasteiger partial charge in [0.15, 0.2) is 0 Å². The number of amides is 4. The maximum absolute atomic E-state index is 13.7. The van der Waals surface area contributed by atoms with Crippen LogP contribution in [0.4, 0.5) is 4.79 Å². The van der Waals surface area contributed by atoms with Crippen LogP contribution in [0.5, 0.6) is 0 Å². The van der Waals surface area contributed by atoms with Gasteiger partial charge in [-0.1, -0.05) is 31.4 Å². The molecule has 0 spiro atoms. The molecule has 4 N–H and O–H groups in total. The van der Waals surface area contributed by atoms with Crippen LogP contribution >= 0.6 is 0 Å². The Morgan fingerprint density at radius 1 is 1.14 bits per heavy atom. The number of nitrogens with one attached hydrogen (secondary N) is 2. The number of terminal acetylenes is 1. The van der Waals surface area contributed by atoms with Crippen molar-refractivity contribution in [2.45, 2.75) is 84.5 Å². The minimum atomic E-state index is -1.32. The van der Waals surface area contributed by atoms with E-state index in [1.807, 2.05) is 6.92 Å². The summed E-state index contributed by atoms with van der Waals surface area (Å²) in [6.45, 7) is 11.0. The van der Waals surface area contributed by atoms with Gasteiger partial charge >= 0.3 is 6.09 Å². The lowest BCUT2D eigenvalue weighted by atomic mass is 9.99. The van der Waals surface area contributed by atoms with Crippen LogP contribution in [0, 0.1) is 12.3 Å². The summed E-state index contributed by atoms with van der Waals surface area (Å²) in [5.74, 6) is 0.716. The highest BCUT2D eigenvalue weighted by Crippen LogP contribution is 2.26.